The van der Waals surface area contributed by atoms with Crippen molar-refractivity contribution in [1.82, 2.24) is 20.3 Å². The summed E-state index contributed by atoms with van der Waals surface area (Å²) in [7, 11) is 0. The molecule has 0 aliphatic rings. The Bertz CT molecular complexity index is 880. The van der Waals surface area contributed by atoms with Gasteiger partial charge in [0, 0.05) is 30.7 Å². The monoisotopic (exact) mass is 333 g/mol. The lowest BCUT2D eigenvalue weighted by Gasteiger charge is -2.11. The van der Waals surface area contributed by atoms with E-state index in [2.05, 4.69) is 38.6 Å². The Kier molecular flexibility index (Phi) is 4.99. The van der Waals surface area contributed by atoms with E-state index in [1.165, 1.54) is 11.9 Å². The minimum absolute atomic E-state index is 0.247. The van der Waals surface area contributed by atoms with Gasteiger partial charge < -0.3 is 10.6 Å². The second-order valence-electron chi connectivity index (χ2n) is 5.70. The van der Waals surface area contributed by atoms with Crippen molar-refractivity contribution >= 4 is 17.4 Å². The van der Waals surface area contributed by atoms with Crippen LogP contribution in [0.5, 0.6) is 0 Å². The molecule has 0 aliphatic carbocycles. The molecule has 0 atom stereocenters. The normalized spacial score (nSPS) is 10.3. The third-order valence-corrected chi connectivity index (χ3v) is 3.97. The summed E-state index contributed by atoms with van der Waals surface area (Å²) in [6, 6.07) is 11.4. The van der Waals surface area contributed by atoms with E-state index in [1.807, 2.05) is 31.2 Å². The van der Waals surface area contributed by atoms with Gasteiger partial charge in [0.15, 0.2) is 0 Å². The molecular formula is C19H19N5O. The highest BCUT2D eigenvalue weighted by Gasteiger charge is 2.09. The fourth-order valence-electron chi connectivity index (χ4n) is 2.35. The molecule has 0 radical (unpaired) electrons. The van der Waals surface area contributed by atoms with Gasteiger partial charge in [-0.2, -0.15) is 0 Å². The Morgan fingerprint density at radius 1 is 1.08 bits per heavy atom. The van der Waals surface area contributed by atoms with Crippen LogP contribution >= 0.6 is 0 Å². The maximum atomic E-state index is 12.3. The van der Waals surface area contributed by atoms with Crippen LogP contribution < -0.4 is 10.6 Å². The molecule has 0 aliphatic heterocycles. The molecule has 6 heteroatoms. The van der Waals surface area contributed by atoms with E-state index in [0.29, 0.717) is 18.1 Å². The first-order chi connectivity index (χ1) is 12.1. The molecule has 0 spiro atoms. The molecule has 2 N–H and O–H groups in total. The van der Waals surface area contributed by atoms with Gasteiger partial charge in [-0.3, -0.25) is 9.78 Å². The van der Waals surface area contributed by atoms with Crippen LogP contribution in [0.25, 0.3) is 0 Å². The molecule has 0 saturated heterocycles. The van der Waals surface area contributed by atoms with E-state index in [1.54, 1.807) is 18.5 Å². The second kappa shape index (κ2) is 7.53. The van der Waals surface area contributed by atoms with Crippen LogP contribution in [0.1, 0.15) is 27.2 Å². The number of hydrogen-bond donors (Lipinski definition) is 2. The topological polar surface area (TPSA) is 79.8 Å². The Balaban J connectivity index is 1.70. The third-order valence-electron chi connectivity index (χ3n) is 3.97. The second-order valence-corrected chi connectivity index (χ2v) is 5.70. The number of aryl methyl sites for hydroxylation is 1. The van der Waals surface area contributed by atoms with Gasteiger partial charge in [-0.25, -0.2) is 9.97 Å². The van der Waals surface area contributed by atoms with E-state index in [9.17, 15) is 4.79 Å². The number of anilines is 2. The fourth-order valence-corrected chi connectivity index (χ4v) is 2.35. The number of nitrogens with zero attached hydrogens (tertiary/aromatic N) is 3. The average molecular weight is 333 g/mol. The number of hydrogen-bond acceptors (Lipinski definition) is 5. The fraction of sp³-hybridized carbons (Fsp3) is 0.158. The number of pyridine rings is 1. The van der Waals surface area contributed by atoms with Crippen LogP contribution in [0, 0.1) is 13.8 Å². The van der Waals surface area contributed by atoms with Crippen LogP contribution in [-0.4, -0.2) is 20.9 Å². The van der Waals surface area contributed by atoms with Crippen molar-refractivity contribution in [3.63, 3.8) is 0 Å². The minimum Gasteiger partial charge on any atom is -0.347 e. The summed E-state index contributed by atoms with van der Waals surface area (Å²) in [5, 5.41) is 6.08. The van der Waals surface area contributed by atoms with Gasteiger partial charge in [-0.1, -0.05) is 12.1 Å². The lowest BCUT2D eigenvalue weighted by atomic mass is 10.1. The van der Waals surface area contributed by atoms with Crippen LogP contribution in [0.15, 0.2) is 55.1 Å². The number of benzene rings is 1. The minimum atomic E-state index is -0.247. The lowest BCUT2D eigenvalue weighted by molar-refractivity contribution is 0.0946. The zero-order valence-electron chi connectivity index (χ0n) is 14.2. The van der Waals surface area contributed by atoms with Crippen molar-refractivity contribution in [3.8, 4) is 0 Å². The van der Waals surface area contributed by atoms with Crippen molar-refractivity contribution in [2.45, 2.75) is 20.4 Å². The van der Waals surface area contributed by atoms with Crippen molar-refractivity contribution < 1.29 is 4.79 Å². The van der Waals surface area contributed by atoms with Crippen LogP contribution in [0.4, 0.5) is 11.5 Å². The van der Waals surface area contributed by atoms with Crippen molar-refractivity contribution in [3.05, 3.63) is 77.5 Å². The van der Waals surface area contributed by atoms with E-state index in [4.69, 9.17) is 0 Å². The molecule has 6 nitrogen and oxygen atoms in total. The van der Waals surface area contributed by atoms with Gasteiger partial charge >= 0.3 is 0 Å². The molecule has 0 saturated carbocycles. The Morgan fingerprint density at radius 2 is 1.88 bits per heavy atom. The third kappa shape index (κ3) is 4.17. The summed E-state index contributed by atoms with van der Waals surface area (Å²) >= 11 is 0. The SMILES string of the molecule is Cc1cccc(Nc2cc(C(=O)NCc3ccncc3)ncn2)c1C. The molecule has 0 unspecified atom stereocenters. The summed E-state index contributed by atoms with van der Waals surface area (Å²) in [6.07, 6.45) is 4.77. The van der Waals surface area contributed by atoms with E-state index in [0.717, 1.165) is 16.8 Å². The molecule has 25 heavy (non-hydrogen) atoms. The Morgan fingerprint density at radius 3 is 2.68 bits per heavy atom. The number of nitrogens with one attached hydrogen (secondary N) is 2. The van der Waals surface area contributed by atoms with Gasteiger partial charge in [-0.15, -0.1) is 0 Å². The van der Waals surface area contributed by atoms with Gasteiger partial charge in [0.2, 0.25) is 0 Å². The Hall–Kier alpha value is -3.28. The molecule has 3 rings (SSSR count). The maximum Gasteiger partial charge on any atom is 0.270 e. The van der Waals surface area contributed by atoms with Crippen molar-refractivity contribution in [2.75, 3.05) is 5.32 Å². The van der Waals surface area contributed by atoms with Crippen LogP contribution in [0.2, 0.25) is 0 Å². The molecule has 0 bridgehead atoms. The summed E-state index contributed by atoms with van der Waals surface area (Å²) in [5.74, 6) is 0.334. The molecule has 1 amide bonds. The van der Waals surface area contributed by atoms with Gasteiger partial charge in [-0.05, 0) is 48.7 Å². The highest BCUT2D eigenvalue weighted by atomic mass is 16.1. The summed E-state index contributed by atoms with van der Waals surface area (Å²) in [6.45, 7) is 4.52. The number of rotatable bonds is 5. The number of aromatic nitrogens is 3. The zero-order valence-corrected chi connectivity index (χ0v) is 14.2. The maximum absolute atomic E-state index is 12.3. The molecule has 0 fully saturated rings. The highest BCUT2D eigenvalue weighted by molar-refractivity contribution is 5.92. The number of carbonyl (C=O) groups excluding carboxylic acids is 1. The van der Waals surface area contributed by atoms with E-state index < -0.39 is 0 Å². The summed E-state index contributed by atoms with van der Waals surface area (Å²) in [5.41, 5.74) is 4.59. The predicted molar refractivity (Wildman–Crippen MR) is 96.6 cm³/mol. The number of amides is 1. The van der Waals surface area contributed by atoms with Crippen LogP contribution in [0.3, 0.4) is 0 Å². The van der Waals surface area contributed by atoms with Gasteiger partial charge in [0.1, 0.15) is 17.8 Å². The van der Waals surface area contributed by atoms with Crippen molar-refractivity contribution in [1.29, 1.82) is 0 Å². The first-order valence-electron chi connectivity index (χ1n) is 7.96. The molecule has 126 valence electrons. The van der Waals surface area contributed by atoms with Crippen molar-refractivity contribution in [2.24, 2.45) is 0 Å². The standard InChI is InChI=1S/C19H19N5O/c1-13-4-3-5-16(14(13)2)24-18-10-17(22-12-23-18)19(25)21-11-15-6-8-20-9-7-15/h3-10,12H,11H2,1-2H3,(H,21,25)(H,22,23,24). The van der Waals surface area contributed by atoms with Gasteiger partial charge in [0.25, 0.3) is 5.91 Å². The highest BCUT2D eigenvalue weighted by Crippen LogP contribution is 2.21. The van der Waals surface area contributed by atoms with Gasteiger partial charge in [0.05, 0.1) is 0 Å². The largest absolute Gasteiger partial charge is 0.347 e. The zero-order chi connectivity index (χ0) is 17.6. The summed E-state index contributed by atoms with van der Waals surface area (Å²) in [4.78, 5) is 24.5. The van der Waals surface area contributed by atoms with Crippen LogP contribution in [-0.2, 0) is 6.54 Å². The first kappa shape index (κ1) is 16.6. The van der Waals surface area contributed by atoms with E-state index >= 15 is 0 Å². The molecule has 2 aromatic heterocycles. The first-order valence-corrected chi connectivity index (χ1v) is 7.96. The average Bonchev–Trinajstić information content (AvgIpc) is 2.64. The molecule has 2 heterocycles. The number of carbonyl (C=O) groups is 1. The lowest BCUT2D eigenvalue weighted by Crippen LogP contribution is -2.24. The summed E-state index contributed by atoms with van der Waals surface area (Å²) < 4.78 is 0. The Labute approximate surface area is 146 Å². The molecule has 1 aromatic carbocycles. The quantitative estimate of drug-likeness (QED) is 0.750. The smallest absolute Gasteiger partial charge is 0.270 e. The molecule has 3 aromatic rings. The van der Waals surface area contributed by atoms with E-state index in [-0.39, 0.29) is 5.91 Å². The molecular weight excluding hydrogens is 314 g/mol. The predicted octanol–water partition coefficient (Wildman–Crippen LogP) is 3.16.